The highest BCUT2D eigenvalue weighted by Crippen LogP contribution is 2.33. The van der Waals surface area contributed by atoms with Crippen LogP contribution in [0.5, 0.6) is 0 Å². The molecule has 0 amide bonds. The van der Waals surface area contributed by atoms with Gasteiger partial charge in [-0.15, -0.1) is 0 Å². The number of anilines is 1. The van der Waals surface area contributed by atoms with E-state index in [2.05, 4.69) is 4.98 Å². The van der Waals surface area contributed by atoms with Gasteiger partial charge in [0.05, 0.1) is 0 Å². The summed E-state index contributed by atoms with van der Waals surface area (Å²) in [5.74, 6) is 0.400. The molecule has 0 atom stereocenters. The molecule has 0 unspecified atom stereocenters. The number of aromatic nitrogens is 1. The molecule has 0 aliphatic heterocycles. The van der Waals surface area contributed by atoms with Crippen LogP contribution in [0, 0.1) is 0 Å². The van der Waals surface area contributed by atoms with E-state index >= 15 is 0 Å². The monoisotopic (exact) mass is 287 g/mol. The molecule has 0 radical (unpaired) electrons. The summed E-state index contributed by atoms with van der Waals surface area (Å²) in [6.07, 6.45) is -0.154. The Hall–Kier alpha value is -1.30. The number of nitrogens with two attached hydrogens (primary N) is 1. The van der Waals surface area contributed by atoms with E-state index in [0.29, 0.717) is 17.9 Å². The molecule has 0 aromatic carbocycles. The van der Waals surface area contributed by atoms with Gasteiger partial charge >= 0.3 is 6.18 Å². The fourth-order valence-electron chi connectivity index (χ4n) is 2.84. The topological polar surface area (TPSA) is 42.2 Å². The van der Waals surface area contributed by atoms with Gasteiger partial charge in [-0.3, -0.25) is 0 Å². The first-order chi connectivity index (χ1) is 9.47. The van der Waals surface area contributed by atoms with E-state index in [0.717, 1.165) is 31.7 Å². The van der Waals surface area contributed by atoms with E-state index < -0.39 is 11.9 Å². The van der Waals surface area contributed by atoms with Gasteiger partial charge in [0.15, 0.2) is 0 Å². The van der Waals surface area contributed by atoms with E-state index in [1.165, 1.54) is 6.07 Å². The third-order valence-electron chi connectivity index (χ3n) is 3.84. The lowest BCUT2D eigenvalue weighted by Gasteiger charge is -2.31. The minimum absolute atomic E-state index is 0.198. The maximum Gasteiger partial charge on any atom is 0.433 e. The smallest absolute Gasteiger partial charge is 0.354 e. The molecule has 2 N–H and O–H groups in total. The predicted octanol–water partition coefficient (Wildman–Crippen LogP) is 3.33. The Balaban J connectivity index is 2.40. The number of alkyl halides is 3. The normalized spacial score (nSPS) is 16.6. The van der Waals surface area contributed by atoms with Crippen LogP contribution in [0.4, 0.5) is 19.0 Å². The summed E-state index contributed by atoms with van der Waals surface area (Å²) in [6, 6.07) is 2.73. The average Bonchev–Trinajstić information content (AvgIpc) is 2.92. The fourth-order valence-corrected chi connectivity index (χ4v) is 2.84. The molecular formula is C14H20F3N3. The molecule has 1 fully saturated rings. The molecule has 1 aliphatic rings. The van der Waals surface area contributed by atoms with Crippen molar-refractivity contribution in [1.82, 2.24) is 4.98 Å². The number of rotatable bonds is 4. The Bertz CT molecular complexity index is 453. The Kier molecular flexibility index (Phi) is 4.52. The zero-order chi connectivity index (χ0) is 14.8. The second kappa shape index (κ2) is 5.99. The first-order valence-corrected chi connectivity index (χ1v) is 7.01. The van der Waals surface area contributed by atoms with Crippen LogP contribution in [-0.2, 0) is 12.7 Å². The van der Waals surface area contributed by atoms with Gasteiger partial charge in [-0.2, -0.15) is 13.2 Å². The lowest BCUT2D eigenvalue weighted by atomic mass is 10.1. The van der Waals surface area contributed by atoms with Gasteiger partial charge < -0.3 is 10.6 Å². The SMILES string of the molecule is CCN(c1nc(C(F)(F)F)ccc1CN)C1CCCC1. The molecule has 1 saturated carbocycles. The summed E-state index contributed by atoms with van der Waals surface area (Å²) < 4.78 is 38.5. The summed E-state index contributed by atoms with van der Waals surface area (Å²) in [7, 11) is 0. The van der Waals surface area contributed by atoms with Crippen LogP contribution in [-0.4, -0.2) is 17.6 Å². The van der Waals surface area contributed by atoms with Crippen molar-refractivity contribution in [3.05, 3.63) is 23.4 Å². The Morgan fingerprint density at radius 3 is 2.45 bits per heavy atom. The van der Waals surface area contributed by atoms with E-state index in [1.54, 1.807) is 0 Å². The molecule has 1 aromatic rings. The van der Waals surface area contributed by atoms with Crippen LogP contribution in [0.25, 0.3) is 0 Å². The third-order valence-corrected chi connectivity index (χ3v) is 3.84. The van der Waals surface area contributed by atoms with E-state index in [4.69, 9.17) is 5.73 Å². The second-order valence-electron chi connectivity index (χ2n) is 5.11. The highest BCUT2D eigenvalue weighted by Gasteiger charge is 2.34. The Morgan fingerprint density at radius 1 is 1.30 bits per heavy atom. The van der Waals surface area contributed by atoms with Crippen LogP contribution in [0.3, 0.4) is 0 Å². The first kappa shape index (κ1) is 15.1. The third kappa shape index (κ3) is 3.06. The summed E-state index contributed by atoms with van der Waals surface area (Å²) in [5.41, 5.74) is 5.48. The molecule has 1 heterocycles. The predicted molar refractivity (Wildman–Crippen MR) is 72.4 cm³/mol. The quantitative estimate of drug-likeness (QED) is 0.923. The van der Waals surface area contributed by atoms with E-state index in [-0.39, 0.29) is 12.6 Å². The molecule has 1 aliphatic carbocycles. The van der Waals surface area contributed by atoms with Crippen molar-refractivity contribution in [2.75, 3.05) is 11.4 Å². The van der Waals surface area contributed by atoms with Crippen LogP contribution in [0.1, 0.15) is 43.9 Å². The van der Waals surface area contributed by atoms with Gasteiger partial charge in [0.25, 0.3) is 0 Å². The van der Waals surface area contributed by atoms with Gasteiger partial charge in [0.1, 0.15) is 11.5 Å². The number of nitrogens with zero attached hydrogens (tertiary/aromatic N) is 2. The van der Waals surface area contributed by atoms with Crippen LogP contribution in [0.15, 0.2) is 12.1 Å². The Morgan fingerprint density at radius 2 is 1.95 bits per heavy atom. The maximum absolute atomic E-state index is 12.8. The lowest BCUT2D eigenvalue weighted by Crippen LogP contribution is -2.35. The van der Waals surface area contributed by atoms with Crippen molar-refractivity contribution in [3.8, 4) is 0 Å². The van der Waals surface area contributed by atoms with Crippen LogP contribution < -0.4 is 10.6 Å². The number of hydrogen-bond donors (Lipinski definition) is 1. The fraction of sp³-hybridized carbons (Fsp3) is 0.643. The minimum Gasteiger partial charge on any atom is -0.354 e. The highest BCUT2D eigenvalue weighted by molar-refractivity contribution is 5.49. The molecule has 112 valence electrons. The van der Waals surface area contributed by atoms with Crippen molar-refractivity contribution in [3.63, 3.8) is 0 Å². The molecule has 0 spiro atoms. The van der Waals surface area contributed by atoms with Crippen molar-refractivity contribution < 1.29 is 13.2 Å². The number of hydrogen-bond acceptors (Lipinski definition) is 3. The summed E-state index contributed by atoms with van der Waals surface area (Å²) in [5, 5.41) is 0. The minimum atomic E-state index is -4.42. The molecule has 3 nitrogen and oxygen atoms in total. The van der Waals surface area contributed by atoms with Crippen molar-refractivity contribution in [2.45, 2.75) is 51.4 Å². The summed E-state index contributed by atoms with van der Waals surface area (Å²) in [4.78, 5) is 5.83. The van der Waals surface area contributed by atoms with E-state index in [9.17, 15) is 13.2 Å². The van der Waals surface area contributed by atoms with Crippen molar-refractivity contribution in [1.29, 1.82) is 0 Å². The van der Waals surface area contributed by atoms with Crippen LogP contribution >= 0.6 is 0 Å². The zero-order valence-corrected chi connectivity index (χ0v) is 11.6. The highest BCUT2D eigenvalue weighted by atomic mass is 19.4. The van der Waals surface area contributed by atoms with Crippen LogP contribution in [0.2, 0.25) is 0 Å². The lowest BCUT2D eigenvalue weighted by molar-refractivity contribution is -0.141. The zero-order valence-electron chi connectivity index (χ0n) is 11.6. The van der Waals surface area contributed by atoms with Gasteiger partial charge in [-0.05, 0) is 25.8 Å². The average molecular weight is 287 g/mol. The summed E-state index contributed by atoms with van der Waals surface area (Å²) in [6.45, 7) is 2.79. The summed E-state index contributed by atoms with van der Waals surface area (Å²) >= 11 is 0. The van der Waals surface area contributed by atoms with Crippen molar-refractivity contribution in [2.24, 2.45) is 5.73 Å². The van der Waals surface area contributed by atoms with E-state index in [1.807, 2.05) is 11.8 Å². The van der Waals surface area contributed by atoms with Gasteiger partial charge in [0.2, 0.25) is 0 Å². The van der Waals surface area contributed by atoms with Crippen molar-refractivity contribution >= 4 is 5.82 Å². The molecule has 20 heavy (non-hydrogen) atoms. The molecular weight excluding hydrogens is 267 g/mol. The molecule has 0 bridgehead atoms. The van der Waals surface area contributed by atoms with Gasteiger partial charge in [-0.25, -0.2) is 4.98 Å². The second-order valence-corrected chi connectivity index (χ2v) is 5.11. The standard InChI is InChI=1S/C14H20F3N3/c1-2-20(11-5-3-4-6-11)13-10(9-18)7-8-12(19-13)14(15,16)17/h7-8,11H,2-6,9,18H2,1H3. The number of pyridine rings is 1. The van der Waals surface area contributed by atoms with Gasteiger partial charge in [0, 0.05) is 24.7 Å². The largest absolute Gasteiger partial charge is 0.433 e. The van der Waals surface area contributed by atoms with Gasteiger partial charge in [-0.1, -0.05) is 18.9 Å². The molecule has 1 aromatic heterocycles. The maximum atomic E-state index is 12.8. The Labute approximate surface area is 117 Å². The molecule has 2 rings (SSSR count). The molecule has 6 heteroatoms. The first-order valence-electron chi connectivity index (χ1n) is 7.01. The molecule has 0 saturated heterocycles. The number of halogens is 3.